The van der Waals surface area contributed by atoms with E-state index in [0.717, 1.165) is 6.54 Å². The number of sulfonamides is 1. The van der Waals surface area contributed by atoms with Crippen LogP contribution >= 0.6 is 0 Å². The van der Waals surface area contributed by atoms with Crippen molar-refractivity contribution in [1.29, 1.82) is 0 Å². The summed E-state index contributed by atoms with van der Waals surface area (Å²) in [6, 6.07) is 12.0. The number of piperazine rings is 1. The smallest absolute Gasteiger partial charge is 0.248 e. The molecule has 0 aromatic heterocycles. The van der Waals surface area contributed by atoms with Gasteiger partial charge < -0.3 is 10.2 Å². The quantitative estimate of drug-likeness (QED) is 0.734. The first-order chi connectivity index (χ1) is 13.9. The molecule has 0 radical (unpaired) electrons. The monoisotopic (exact) mass is 417 g/mol. The SMILES string of the molecule is CCN1CCN(S(=O)(=O)c2cccc(NC(=O)/C=C/c3ccc(F)cc3)c2)CC1. The summed E-state index contributed by atoms with van der Waals surface area (Å²) >= 11 is 0. The number of nitrogens with one attached hydrogen (secondary N) is 1. The van der Waals surface area contributed by atoms with Crippen LogP contribution in [0.4, 0.5) is 10.1 Å². The molecule has 0 atom stereocenters. The number of carbonyl (C=O) groups excluding carboxylic acids is 1. The van der Waals surface area contributed by atoms with E-state index in [2.05, 4.69) is 17.1 Å². The third kappa shape index (κ3) is 5.50. The van der Waals surface area contributed by atoms with Crippen molar-refractivity contribution in [2.45, 2.75) is 11.8 Å². The Kier molecular flexibility index (Phi) is 6.79. The molecule has 0 spiro atoms. The predicted octanol–water partition coefficient (Wildman–Crippen LogP) is 2.80. The molecule has 1 aliphatic rings. The fourth-order valence-electron chi connectivity index (χ4n) is 3.10. The van der Waals surface area contributed by atoms with Crippen LogP contribution in [0.3, 0.4) is 0 Å². The highest BCUT2D eigenvalue weighted by molar-refractivity contribution is 7.89. The summed E-state index contributed by atoms with van der Waals surface area (Å²) in [7, 11) is -3.61. The van der Waals surface area contributed by atoms with Crippen LogP contribution in [0.5, 0.6) is 0 Å². The molecule has 0 bridgehead atoms. The third-order valence-corrected chi connectivity index (χ3v) is 6.71. The summed E-state index contributed by atoms with van der Waals surface area (Å²) in [5.74, 6) is -0.749. The minimum Gasteiger partial charge on any atom is -0.322 e. The predicted molar refractivity (Wildman–Crippen MR) is 111 cm³/mol. The molecule has 154 valence electrons. The van der Waals surface area contributed by atoms with Crippen LogP contribution in [0.25, 0.3) is 6.08 Å². The van der Waals surface area contributed by atoms with Crippen molar-refractivity contribution in [3.8, 4) is 0 Å². The number of carbonyl (C=O) groups is 1. The Bertz CT molecular complexity index is 982. The number of amides is 1. The molecule has 1 aliphatic heterocycles. The van der Waals surface area contributed by atoms with Crippen LogP contribution in [-0.4, -0.2) is 56.3 Å². The van der Waals surface area contributed by atoms with Crippen molar-refractivity contribution in [3.05, 3.63) is 66.0 Å². The molecule has 1 N–H and O–H groups in total. The van der Waals surface area contributed by atoms with Crippen molar-refractivity contribution in [1.82, 2.24) is 9.21 Å². The topological polar surface area (TPSA) is 69.7 Å². The first-order valence-corrected chi connectivity index (χ1v) is 10.9. The Morgan fingerprint density at radius 1 is 1.10 bits per heavy atom. The van der Waals surface area contributed by atoms with Gasteiger partial charge in [-0.3, -0.25) is 4.79 Å². The minimum atomic E-state index is -3.61. The van der Waals surface area contributed by atoms with Crippen LogP contribution < -0.4 is 5.32 Å². The average molecular weight is 418 g/mol. The molecular weight excluding hydrogens is 393 g/mol. The largest absolute Gasteiger partial charge is 0.322 e. The summed E-state index contributed by atoms with van der Waals surface area (Å²) in [5, 5.41) is 2.66. The number of hydrogen-bond donors (Lipinski definition) is 1. The fourth-order valence-corrected chi connectivity index (χ4v) is 4.57. The molecule has 2 aromatic rings. The van der Waals surface area contributed by atoms with Gasteiger partial charge in [0.2, 0.25) is 15.9 Å². The first kappa shape index (κ1) is 21.2. The maximum atomic E-state index is 12.9. The maximum absolute atomic E-state index is 12.9. The third-order valence-electron chi connectivity index (χ3n) is 4.81. The maximum Gasteiger partial charge on any atom is 0.248 e. The lowest BCUT2D eigenvalue weighted by Crippen LogP contribution is -2.48. The van der Waals surface area contributed by atoms with Gasteiger partial charge in [-0.15, -0.1) is 0 Å². The van der Waals surface area contributed by atoms with Crippen molar-refractivity contribution < 1.29 is 17.6 Å². The van der Waals surface area contributed by atoms with E-state index in [1.165, 1.54) is 34.6 Å². The molecule has 1 fully saturated rings. The summed E-state index contributed by atoms with van der Waals surface area (Å²) in [6.45, 7) is 5.28. The molecule has 0 saturated carbocycles. The lowest BCUT2D eigenvalue weighted by molar-refractivity contribution is -0.111. The second-order valence-electron chi connectivity index (χ2n) is 6.74. The van der Waals surface area contributed by atoms with Gasteiger partial charge in [0, 0.05) is 37.9 Å². The number of halogens is 1. The Hall–Kier alpha value is -2.55. The van der Waals surface area contributed by atoms with Gasteiger partial charge in [-0.05, 0) is 48.5 Å². The first-order valence-electron chi connectivity index (χ1n) is 9.45. The standard InChI is InChI=1S/C21H24FN3O3S/c1-2-24-12-14-25(15-13-24)29(27,28)20-5-3-4-19(16-20)23-21(26)11-8-17-6-9-18(22)10-7-17/h3-11,16H,2,12-15H2,1H3,(H,23,26)/b11-8+. The van der Waals surface area contributed by atoms with Gasteiger partial charge in [-0.2, -0.15) is 4.31 Å². The van der Waals surface area contributed by atoms with E-state index in [4.69, 9.17) is 0 Å². The van der Waals surface area contributed by atoms with Gasteiger partial charge in [-0.1, -0.05) is 25.1 Å². The number of hydrogen-bond acceptors (Lipinski definition) is 4. The van der Waals surface area contributed by atoms with Gasteiger partial charge in [0.15, 0.2) is 0 Å². The van der Waals surface area contributed by atoms with E-state index in [9.17, 15) is 17.6 Å². The van der Waals surface area contributed by atoms with Gasteiger partial charge in [-0.25, -0.2) is 12.8 Å². The van der Waals surface area contributed by atoms with E-state index < -0.39 is 15.9 Å². The van der Waals surface area contributed by atoms with Crippen LogP contribution in [0.2, 0.25) is 0 Å². The van der Waals surface area contributed by atoms with Crippen molar-refractivity contribution in [2.75, 3.05) is 38.0 Å². The molecule has 1 amide bonds. The molecule has 29 heavy (non-hydrogen) atoms. The molecular formula is C21H24FN3O3S. The Morgan fingerprint density at radius 3 is 2.45 bits per heavy atom. The number of nitrogens with zero attached hydrogens (tertiary/aromatic N) is 2. The summed E-state index contributed by atoms with van der Waals surface area (Å²) < 4.78 is 40.2. The van der Waals surface area contributed by atoms with Crippen molar-refractivity contribution in [2.24, 2.45) is 0 Å². The van der Waals surface area contributed by atoms with Crippen LogP contribution in [0.15, 0.2) is 59.5 Å². The van der Waals surface area contributed by atoms with Crippen molar-refractivity contribution >= 4 is 27.7 Å². The summed E-state index contributed by atoms with van der Waals surface area (Å²) in [6.07, 6.45) is 2.88. The van der Waals surface area contributed by atoms with Gasteiger partial charge in [0.25, 0.3) is 0 Å². The van der Waals surface area contributed by atoms with Crippen LogP contribution in [0.1, 0.15) is 12.5 Å². The zero-order chi connectivity index (χ0) is 20.9. The Labute approximate surface area is 170 Å². The molecule has 0 aliphatic carbocycles. The van der Waals surface area contributed by atoms with Crippen LogP contribution in [-0.2, 0) is 14.8 Å². The highest BCUT2D eigenvalue weighted by Crippen LogP contribution is 2.21. The number of benzene rings is 2. The molecule has 8 heteroatoms. The highest BCUT2D eigenvalue weighted by atomic mass is 32.2. The van der Waals surface area contributed by atoms with Gasteiger partial charge in [0.1, 0.15) is 5.82 Å². The lowest BCUT2D eigenvalue weighted by Gasteiger charge is -2.33. The minimum absolute atomic E-state index is 0.155. The van der Waals surface area contributed by atoms with E-state index in [1.807, 2.05) is 0 Å². The molecule has 2 aromatic carbocycles. The Morgan fingerprint density at radius 2 is 1.79 bits per heavy atom. The van der Waals surface area contributed by atoms with Gasteiger partial charge in [0.05, 0.1) is 4.90 Å². The number of rotatable bonds is 6. The molecule has 0 unspecified atom stereocenters. The van der Waals surface area contributed by atoms with E-state index in [-0.39, 0.29) is 10.7 Å². The summed E-state index contributed by atoms with van der Waals surface area (Å²) in [5.41, 5.74) is 1.08. The normalized spacial score (nSPS) is 16.2. The number of likely N-dealkylation sites (N-methyl/N-ethyl adjacent to an activating group) is 1. The van der Waals surface area contributed by atoms with Crippen molar-refractivity contribution in [3.63, 3.8) is 0 Å². The van der Waals surface area contributed by atoms with E-state index in [1.54, 1.807) is 30.3 Å². The second-order valence-corrected chi connectivity index (χ2v) is 8.68. The molecule has 3 rings (SSSR count). The molecule has 1 heterocycles. The van der Waals surface area contributed by atoms with Gasteiger partial charge >= 0.3 is 0 Å². The fraction of sp³-hybridized carbons (Fsp3) is 0.286. The molecule has 1 saturated heterocycles. The molecule has 6 nitrogen and oxygen atoms in total. The second kappa shape index (κ2) is 9.30. The zero-order valence-corrected chi connectivity index (χ0v) is 17.0. The number of anilines is 1. The van der Waals surface area contributed by atoms with Crippen LogP contribution in [0, 0.1) is 5.82 Å². The lowest BCUT2D eigenvalue weighted by atomic mass is 10.2. The average Bonchev–Trinajstić information content (AvgIpc) is 2.73. The Balaban J connectivity index is 1.67. The highest BCUT2D eigenvalue weighted by Gasteiger charge is 2.28. The van der Waals surface area contributed by atoms with E-state index in [0.29, 0.717) is 37.4 Å². The summed E-state index contributed by atoms with van der Waals surface area (Å²) in [4.78, 5) is 14.5. The van der Waals surface area contributed by atoms with E-state index >= 15 is 0 Å². The zero-order valence-electron chi connectivity index (χ0n) is 16.2.